The van der Waals surface area contributed by atoms with Crippen molar-refractivity contribution in [3.8, 4) is 5.69 Å². The Hall–Kier alpha value is -2.46. The minimum absolute atomic E-state index is 0.0999. The molecule has 22 heavy (non-hydrogen) atoms. The molecule has 2 aromatic carbocycles. The van der Waals surface area contributed by atoms with Crippen LogP contribution >= 0.6 is 0 Å². The second-order valence-electron chi connectivity index (χ2n) is 5.30. The molecular weight excluding hydrogens is 277 g/mol. The lowest BCUT2D eigenvalue weighted by molar-refractivity contribution is 0.621. The number of rotatable bonds is 4. The van der Waals surface area contributed by atoms with E-state index in [1.165, 1.54) is 12.1 Å². The number of aryl methyl sites for hydroxylation is 1. The van der Waals surface area contributed by atoms with Gasteiger partial charge in [-0.1, -0.05) is 30.3 Å². The highest BCUT2D eigenvalue weighted by Gasteiger charge is 2.19. The van der Waals surface area contributed by atoms with Gasteiger partial charge in [0.25, 0.3) is 0 Å². The lowest BCUT2D eigenvalue weighted by atomic mass is 9.95. The number of nitrogens with zero attached hydrogens (tertiary/aromatic N) is 2. The molecule has 1 aromatic heterocycles. The van der Waals surface area contributed by atoms with Crippen molar-refractivity contribution in [3.63, 3.8) is 0 Å². The van der Waals surface area contributed by atoms with Gasteiger partial charge in [-0.2, -0.15) is 5.10 Å². The highest BCUT2D eigenvalue weighted by atomic mass is 19.1. The van der Waals surface area contributed by atoms with Crippen LogP contribution in [0.2, 0.25) is 0 Å². The molecule has 3 rings (SSSR count). The Kier molecular flexibility index (Phi) is 4.02. The van der Waals surface area contributed by atoms with Gasteiger partial charge in [-0.25, -0.2) is 9.07 Å². The van der Waals surface area contributed by atoms with E-state index in [0.29, 0.717) is 6.54 Å². The Bertz CT molecular complexity index is 765. The van der Waals surface area contributed by atoms with Crippen LogP contribution < -0.4 is 5.73 Å². The first kappa shape index (κ1) is 14.5. The maximum Gasteiger partial charge on any atom is 0.123 e. The lowest BCUT2D eigenvalue weighted by Gasteiger charge is -2.17. The van der Waals surface area contributed by atoms with E-state index < -0.39 is 0 Å². The molecule has 0 bridgehead atoms. The van der Waals surface area contributed by atoms with E-state index in [9.17, 15) is 4.39 Å². The van der Waals surface area contributed by atoms with Crippen molar-refractivity contribution >= 4 is 0 Å². The first-order valence-electron chi connectivity index (χ1n) is 7.26. The van der Waals surface area contributed by atoms with Crippen molar-refractivity contribution in [1.82, 2.24) is 9.78 Å². The van der Waals surface area contributed by atoms with E-state index in [-0.39, 0.29) is 11.7 Å². The molecular formula is C18H18FN3. The molecule has 1 heterocycles. The fourth-order valence-electron chi connectivity index (χ4n) is 2.69. The van der Waals surface area contributed by atoms with Crippen molar-refractivity contribution in [2.24, 2.45) is 5.73 Å². The first-order valence-corrected chi connectivity index (χ1v) is 7.26. The second kappa shape index (κ2) is 6.12. The number of aromatic nitrogens is 2. The SMILES string of the molecule is Cc1cc(C(CN)c2cccc(F)c2)n(-c2ccccc2)n1. The van der Waals surface area contributed by atoms with E-state index >= 15 is 0 Å². The first-order chi connectivity index (χ1) is 10.7. The number of nitrogens with two attached hydrogens (primary N) is 1. The Morgan fingerprint density at radius 1 is 1.09 bits per heavy atom. The van der Waals surface area contributed by atoms with E-state index in [4.69, 9.17) is 5.73 Å². The Balaban J connectivity index is 2.10. The van der Waals surface area contributed by atoms with E-state index in [1.807, 2.05) is 54.1 Å². The summed E-state index contributed by atoms with van der Waals surface area (Å²) < 4.78 is 15.4. The zero-order chi connectivity index (χ0) is 15.5. The number of benzene rings is 2. The molecule has 0 radical (unpaired) electrons. The van der Waals surface area contributed by atoms with Crippen LogP contribution in [0.4, 0.5) is 4.39 Å². The quantitative estimate of drug-likeness (QED) is 0.801. The fourth-order valence-corrected chi connectivity index (χ4v) is 2.69. The van der Waals surface area contributed by atoms with Gasteiger partial charge in [0.1, 0.15) is 5.82 Å². The highest BCUT2D eigenvalue weighted by Crippen LogP contribution is 2.27. The van der Waals surface area contributed by atoms with Gasteiger partial charge in [0.15, 0.2) is 0 Å². The summed E-state index contributed by atoms with van der Waals surface area (Å²) in [4.78, 5) is 0. The maximum atomic E-state index is 13.5. The summed E-state index contributed by atoms with van der Waals surface area (Å²) >= 11 is 0. The van der Waals surface area contributed by atoms with Crippen LogP contribution in [0.15, 0.2) is 60.7 Å². The molecule has 1 atom stereocenters. The summed E-state index contributed by atoms with van der Waals surface area (Å²) in [5.74, 6) is -0.351. The van der Waals surface area contributed by atoms with Gasteiger partial charge in [-0.05, 0) is 42.8 Å². The smallest absolute Gasteiger partial charge is 0.123 e. The third-order valence-corrected chi connectivity index (χ3v) is 3.70. The van der Waals surface area contributed by atoms with Crippen molar-refractivity contribution in [2.45, 2.75) is 12.8 Å². The van der Waals surface area contributed by atoms with Crippen molar-refractivity contribution in [1.29, 1.82) is 0 Å². The zero-order valence-electron chi connectivity index (χ0n) is 12.4. The summed E-state index contributed by atoms with van der Waals surface area (Å²) in [7, 11) is 0. The molecule has 0 aliphatic carbocycles. The summed E-state index contributed by atoms with van der Waals surface area (Å²) in [6, 6.07) is 18.5. The van der Waals surface area contributed by atoms with Gasteiger partial charge in [0.05, 0.1) is 17.1 Å². The lowest BCUT2D eigenvalue weighted by Crippen LogP contribution is -2.17. The van der Waals surface area contributed by atoms with Crippen LogP contribution in [0, 0.1) is 12.7 Å². The van der Waals surface area contributed by atoms with Crippen molar-refractivity contribution in [2.75, 3.05) is 6.54 Å². The molecule has 3 aromatic rings. The zero-order valence-corrected chi connectivity index (χ0v) is 12.4. The predicted molar refractivity (Wildman–Crippen MR) is 85.6 cm³/mol. The Labute approximate surface area is 129 Å². The van der Waals surface area contributed by atoms with Crippen LogP contribution in [0.25, 0.3) is 5.69 Å². The molecule has 0 saturated carbocycles. The molecule has 0 aliphatic rings. The molecule has 2 N–H and O–H groups in total. The monoisotopic (exact) mass is 295 g/mol. The Morgan fingerprint density at radius 3 is 2.55 bits per heavy atom. The maximum absolute atomic E-state index is 13.5. The van der Waals surface area contributed by atoms with E-state index in [2.05, 4.69) is 5.10 Å². The summed E-state index contributed by atoms with van der Waals surface area (Å²) in [5.41, 5.74) is 9.69. The Morgan fingerprint density at radius 2 is 1.86 bits per heavy atom. The fraction of sp³-hybridized carbons (Fsp3) is 0.167. The number of hydrogen-bond acceptors (Lipinski definition) is 2. The van der Waals surface area contributed by atoms with E-state index in [1.54, 1.807) is 6.07 Å². The van der Waals surface area contributed by atoms with Crippen LogP contribution in [-0.2, 0) is 0 Å². The molecule has 4 heteroatoms. The largest absolute Gasteiger partial charge is 0.329 e. The third-order valence-electron chi connectivity index (χ3n) is 3.70. The minimum atomic E-state index is -0.251. The number of halogens is 1. The molecule has 0 spiro atoms. The summed E-state index contributed by atoms with van der Waals surface area (Å²) in [6.07, 6.45) is 0. The molecule has 112 valence electrons. The topological polar surface area (TPSA) is 43.8 Å². The molecule has 0 aliphatic heterocycles. The normalized spacial score (nSPS) is 12.3. The molecule has 0 saturated heterocycles. The molecule has 3 nitrogen and oxygen atoms in total. The number of hydrogen-bond donors (Lipinski definition) is 1. The van der Waals surface area contributed by atoms with Crippen molar-refractivity contribution < 1.29 is 4.39 Å². The average molecular weight is 295 g/mol. The third kappa shape index (κ3) is 2.78. The second-order valence-corrected chi connectivity index (χ2v) is 5.30. The van der Waals surface area contributed by atoms with Gasteiger partial charge >= 0.3 is 0 Å². The highest BCUT2D eigenvalue weighted by molar-refractivity contribution is 5.38. The van der Waals surface area contributed by atoms with Crippen LogP contribution in [0.3, 0.4) is 0 Å². The van der Waals surface area contributed by atoms with E-state index in [0.717, 1.165) is 22.6 Å². The van der Waals surface area contributed by atoms with Crippen LogP contribution in [0.5, 0.6) is 0 Å². The minimum Gasteiger partial charge on any atom is -0.329 e. The van der Waals surface area contributed by atoms with Gasteiger partial charge in [0, 0.05) is 12.5 Å². The molecule has 0 fully saturated rings. The van der Waals surface area contributed by atoms with Gasteiger partial charge in [-0.15, -0.1) is 0 Å². The summed E-state index contributed by atoms with van der Waals surface area (Å²) in [6.45, 7) is 2.34. The standard InChI is InChI=1S/C18H18FN3/c1-13-10-18(22(21-13)16-8-3-2-4-9-16)17(12-20)14-6-5-7-15(19)11-14/h2-11,17H,12,20H2,1H3. The summed E-state index contributed by atoms with van der Waals surface area (Å²) in [5, 5.41) is 4.57. The van der Waals surface area contributed by atoms with Crippen LogP contribution in [0.1, 0.15) is 22.9 Å². The van der Waals surface area contributed by atoms with Gasteiger partial charge < -0.3 is 5.73 Å². The number of para-hydroxylation sites is 1. The van der Waals surface area contributed by atoms with Gasteiger partial charge in [0.2, 0.25) is 0 Å². The van der Waals surface area contributed by atoms with Crippen molar-refractivity contribution in [3.05, 3.63) is 83.4 Å². The molecule has 1 unspecified atom stereocenters. The molecule has 0 amide bonds. The predicted octanol–water partition coefficient (Wildman–Crippen LogP) is 3.41. The van der Waals surface area contributed by atoms with Crippen LogP contribution in [-0.4, -0.2) is 16.3 Å². The average Bonchev–Trinajstić information content (AvgIpc) is 2.91. The van der Waals surface area contributed by atoms with Gasteiger partial charge in [-0.3, -0.25) is 0 Å².